The lowest BCUT2D eigenvalue weighted by Crippen LogP contribution is -2.43. The number of rotatable bonds is 9. The summed E-state index contributed by atoms with van der Waals surface area (Å²) in [6, 6.07) is 6.70. The second-order valence-corrected chi connectivity index (χ2v) is 7.24. The van der Waals surface area contributed by atoms with Gasteiger partial charge >= 0.3 is 0 Å². The van der Waals surface area contributed by atoms with Crippen LogP contribution in [0.4, 0.5) is 0 Å². The van der Waals surface area contributed by atoms with Crippen molar-refractivity contribution in [2.75, 3.05) is 0 Å². The molecule has 0 saturated heterocycles. The van der Waals surface area contributed by atoms with E-state index >= 15 is 0 Å². The molecule has 0 spiro atoms. The van der Waals surface area contributed by atoms with Crippen LogP contribution >= 0.6 is 0 Å². The summed E-state index contributed by atoms with van der Waals surface area (Å²) in [5.41, 5.74) is 4.58. The molecule has 2 aromatic rings. The quantitative estimate of drug-likeness (QED) is 0.331. The van der Waals surface area contributed by atoms with Crippen molar-refractivity contribution in [3.8, 4) is 5.75 Å². The van der Waals surface area contributed by atoms with E-state index in [-0.39, 0.29) is 12.3 Å². The zero-order chi connectivity index (χ0) is 22.1. The first kappa shape index (κ1) is 22.9. The number of pyridine rings is 1. The summed E-state index contributed by atoms with van der Waals surface area (Å²) < 4.78 is 1.27. The SMILES string of the molecule is C=C(C)/C=C/n1c(=O)c(C(=O)NNC(=O)CCCCCCC)c(O)c2ccccc21. The molecule has 2 rings (SSSR count). The van der Waals surface area contributed by atoms with Crippen molar-refractivity contribution in [1.29, 1.82) is 0 Å². The highest BCUT2D eigenvalue weighted by Crippen LogP contribution is 2.26. The molecule has 3 N–H and O–H groups in total. The number of aromatic hydroxyl groups is 1. The van der Waals surface area contributed by atoms with Gasteiger partial charge in [-0.2, -0.15) is 0 Å². The number of benzene rings is 1. The molecule has 0 unspecified atom stereocenters. The van der Waals surface area contributed by atoms with Crippen LogP contribution in [0.25, 0.3) is 17.1 Å². The molecular formula is C23H29N3O4. The van der Waals surface area contributed by atoms with Gasteiger partial charge in [0.15, 0.2) is 0 Å². The molecule has 0 aliphatic rings. The molecule has 0 aliphatic heterocycles. The fourth-order valence-electron chi connectivity index (χ4n) is 3.04. The van der Waals surface area contributed by atoms with Crippen molar-refractivity contribution in [3.05, 3.63) is 58.4 Å². The molecule has 0 bridgehead atoms. The minimum Gasteiger partial charge on any atom is -0.506 e. The summed E-state index contributed by atoms with van der Waals surface area (Å²) in [7, 11) is 0. The second-order valence-electron chi connectivity index (χ2n) is 7.24. The molecule has 0 radical (unpaired) electrons. The summed E-state index contributed by atoms with van der Waals surface area (Å²) in [5.74, 6) is -1.65. The second kappa shape index (κ2) is 11.0. The molecule has 1 aromatic carbocycles. The van der Waals surface area contributed by atoms with Crippen molar-refractivity contribution in [1.82, 2.24) is 15.4 Å². The largest absolute Gasteiger partial charge is 0.506 e. The number of hydrogen-bond acceptors (Lipinski definition) is 4. The van der Waals surface area contributed by atoms with Gasteiger partial charge in [-0.05, 0) is 31.6 Å². The molecule has 0 saturated carbocycles. The van der Waals surface area contributed by atoms with Gasteiger partial charge < -0.3 is 5.11 Å². The monoisotopic (exact) mass is 411 g/mol. The molecular weight excluding hydrogens is 382 g/mol. The Morgan fingerprint density at radius 1 is 1.13 bits per heavy atom. The molecule has 0 aliphatic carbocycles. The van der Waals surface area contributed by atoms with Crippen molar-refractivity contribution in [2.24, 2.45) is 0 Å². The Balaban J connectivity index is 2.22. The van der Waals surface area contributed by atoms with E-state index in [1.165, 1.54) is 10.8 Å². The maximum absolute atomic E-state index is 12.9. The van der Waals surface area contributed by atoms with E-state index in [0.717, 1.165) is 37.7 Å². The number of hydrazine groups is 1. The minimum absolute atomic E-state index is 0.277. The van der Waals surface area contributed by atoms with E-state index in [4.69, 9.17) is 0 Å². The normalized spacial score (nSPS) is 11.0. The summed E-state index contributed by atoms with van der Waals surface area (Å²) in [5, 5.41) is 10.9. The Bertz CT molecular complexity index is 1020. The van der Waals surface area contributed by atoms with Gasteiger partial charge in [0.05, 0.1) is 5.52 Å². The number of fused-ring (bicyclic) bond motifs is 1. The molecule has 30 heavy (non-hydrogen) atoms. The number of carbonyl (C=O) groups is 2. The Hall–Kier alpha value is -3.35. The summed E-state index contributed by atoms with van der Waals surface area (Å²) in [6.07, 6.45) is 8.40. The van der Waals surface area contributed by atoms with Crippen LogP contribution in [0.1, 0.15) is 62.7 Å². The highest BCUT2D eigenvalue weighted by molar-refractivity contribution is 6.03. The number of para-hydroxylation sites is 1. The van der Waals surface area contributed by atoms with E-state index in [1.807, 2.05) is 0 Å². The van der Waals surface area contributed by atoms with Crippen LogP contribution in [0.2, 0.25) is 0 Å². The smallest absolute Gasteiger partial charge is 0.279 e. The highest BCUT2D eigenvalue weighted by atomic mass is 16.3. The minimum atomic E-state index is -0.875. The Labute approximate surface area is 176 Å². The van der Waals surface area contributed by atoms with Crippen molar-refractivity contribution >= 4 is 28.9 Å². The highest BCUT2D eigenvalue weighted by Gasteiger charge is 2.22. The van der Waals surface area contributed by atoms with Crippen LogP contribution in [-0.4, -0.2) is 21.5 Å². The fraction of sp³-hybridized carbons (Fsp3) is 0.348. The Morgan fingerprint density at radius 3 is 2.53 bits per heavy atom. The fourth-order valence-corrected chi connectivity index (χ4v) is 3.04. The van der Waals surface area contributed by atoms with Gasteiger partial charge in [-0.3, -0.25) is 29.8 Å². The molecule has 2 amide bonds. The number of nitrogens with one attached hydrogen (secondary N) is 2. The maximum Gasteiger partial charge on any atom is 0.279 e. The third kappa shape index (κ3) is 5.83. The Morgan fingerprint density at radius 2 is 1.83 bits per heavy atom. The molecule has 0 atom stereocenters. The average Bonchev–Trinajstić information content (AvgIpc) is 2.72. The standard InChI is InChI=1S/C23H29N3O4/c1-4-5-6-7-8-13-19(27)24-25-22(29)20-21(28)17-11-9-10-12-18(17)26(23(20)30)15-14-16(2)3/h9-12,14-15,28H,2,4-8,13H2,1,3H3,(H,24,27)(H,25,29)/b15-14+. The number of aromatic nitrogens is 1. The summed E-state index contributed by atoms with van der Waals surface area (Å²) in [6.45, 7) is 7.66. The molecule has 1 aromatic heterocycles. The predicted octanol–water partition coefficient (Wildman–Crippen LogP) is 3.88. The van der Waals surface area contributed by atoms with Gasteiger partial charge in [0.2, 0.25) is 5.91 Å². The summed E-state index contributed by atoms with van der Waals surface area (Å²) in [4.78, 5) is 37.5. The Kier molecular flexibility index (Phi) is 8.41. The van der Waals surface area contributed by atoms with Crippen LogP contribution < -0.4 is 16.4 Å². The topological polar surface area (TPSA) is 100 Å². The summed E-state index contributed by atoms with van der Waals surface area (Å²) >= 11 is 0. The molecule has 1 heterocycles. The van der Waals surface area contributed by atoms with Gasteiger partial charge in [0.25, 0.3) is 11.5 Å². The molecule has 0 fully saturated rings. The molecule has 160 valence electrons. The third-order valence-corrected chi connectivity index (χ3v) is 4.65. The average molecular weight is 412 g/mol. The third-order valence-electron chi connectivity index (χ3n) is 4.65. The predicted molar refractivity (Wildman–Crippen MR) is 119 cm³/mol. The lowest BCUT2D eigenvalue weighted by molar-refractivity contribution is -0.122. The van der Waals surface area contributed by atoms with Crippen molar-refractivity contribution in [3.63, 3.8) is 0 Å². The van der Waals surface area contributed by atoms with E-state index in [1.54, 1.807) is 37.3 Å². The number of amides is 2. The lowest BCUT2D eigenvalue weighted by atomic mass is 10.1. The number of carbonyl (C=O) groups excluding carboxylic acids is 2. The first-order valence-electron chi connectivity index (χ1n) is 10.2. The number of nitrogens with zero attached hydrogens (tertiary/aromatic N) is 1. The zero-order valence-corrected chi connectivity index (χ0v) is 17.5. The van der Waals surface area contributed by atoms with E-state index in [2.05, 4.69) is 24.4 Å². The van der Waals surface area contributed by atoms with E-state index in [9.17, 15) is 19.5 Å². The number of hydrogen-bond donors (Lipinski definition) is 3. The maximum atomic E-state index is 12.9. The van der Waals surface area contributed by atoms with Crippen LogP contribution in [0.3, 0.4) is 0 Å². The van der Waals surface area contributed by atoms with Gasteiger partial charge in [0.1, 0.15) is 11.3 Å². The van der Waals surface area contributed by atoms with E-state index in [0.29, 0.717) is 10.9 Å². The van der Waals surface area contributed by atoms with Crippen LogP contribution in [0.5, 0.6) is 5.75 Å². The van der Waals surface area contributed by atoms with Gasteiger partial charge in [-0.15, -0.1) is 0 Å². The molecule has 7 heteroatoms. The number of unbranched alkanes of at least 4 members (excludes halogenated alkanes) is 4. The van der Waals surface area contributed by atoms with E-state index < -0.39 is 22.8 Å². The lowest BCUT2D eigenvalue weighted by Gasteiger charge is -2.13. The van der Waals surface area contributed by atoms with Crippen molar-refractivity contribution in [2.45, 2.75) is 52.4 Å². The van der Waals surface area contributed by atoms with Gasteiger partial charge in [-0.1, -0.05) is 56.9 Å². The number of allylic oxidation sites excluding steroid dienone is 2. The molecule has 7 nitrogen and oxygen atoms in total. The zero-order valence-electron chi connectivity index (χ0n) is 17.5. The first-order valence-corrected chi connectivity index (χ1v) is 10.2. The van der Waals surface area contributed by atoms with Crippen LogP contribution in [0, 0.1) is 0 Å². The first-order chi connectivity index (χ1) is 14.4. The van der Waals surface area contributed by atoms with Crippen LogP contribution in [-0.2, 0) is 4.79 Å². The van der Waals surface area contributed by atoms with Gasteiger partial charge in [0, 0.05) is 18.0 Å². The van der Waals surface area contributed by atoms with Crippen LogP contribution in [0.15, 0.2) is 47.3 Å². The van der Waals surface area contributed by atoms with Gasteiger partial charge in [-0.25, -0.2) is 0 Å². The van der Waals surface area contributed by atoms with Crippen molar-refractivity contribution < 1.29 is 14.7 Å².